The highest BCUT2D eigenvalue weighted by atomic mass is 16.5. The monoisotopic (exact) mass is 211 g/mol. The minimum absolute atomic E-state index is 0.397. The van der Waals surface area contributed by atoms with Crippen LogP contribution in [0.5, 0.6) is 0 Å². The predicted octanol–water partition coefficient (Wildman–Crippen LogP) is 1.56. The average molecular weight is 211 g/mol. The van der Waals surface area contributed by atoms with Gasteiger partial charge in [0.15, 0.2) is 0 Å². The normalized spacial score (nSPS) is 13.3. The molecule has 0 aromatic carbocycles. The lowest BCUT2D eigenvalue weighted by Gasteiger charge is -2.21. The summed E-state index contributed by atoms with van der Waals surface area (Å²) in [6, 6.07) is 2.37. The van der Waals surface area contributed by atoms with Crippen molar-refractivity contribution in [2.45, 2.75) is 33.4 Å². The summed E-state index contributed by atoms with van der Waals surface area (Å²) < 4.78 is 5.44. The van der Waals surface area contributed by atoms with E-state index in [1.165, 1.54) is 0 Å². The third-order valence-electron chi connectivity index (χ3n) is 2.42. The van der Waals surface area contributed by atoms with Crippen molar-refractivity contribution < 1.29 is 4.74 Å². The van der Waals surface area contributed by atoms with E-state index in [-0.39, 0.29) is 0 Å². The van der Waals surface area contributed by atoms with Crippen LogP contribution in [-0.4, -0.2) is 29.5 Å². The zero-order chi connectivity index (χ0) is 11.1. The molecule has 0 saturated heterocycles. The van der Waals surface area contributed by atoms with Crippen LogP contribution in [0, 0.1) is 5.92 Å². The van der Waals surface area contributed by atoms with Crippen molar-refractivity contribution >= 4 is 0 Å². The molecule has 0 aliphatic heterocycles. The Labute approximate surface area is 91.4 Å². The largest absolute Gasteiger partial charge is 0.380 e. The van der Waals surface area contributed by atoms with Gasteiger partial charge in [-0.05, 0) is 18.9 Å². The minimum Gasteiger partial charge on any atom is -0.380 e. The lowest BCUT2D eigenvalue weighted by Crippen LogP contribution is -2.37. The highest BCUT2D eigenvalue weighted by molar-refractivity contribution is 4.97. The van der Waals surface area contributed by atoms with Crippen LogP contribution in [0.25, 0.3) is 0 Å². The quantitative estimate of drug-likeness (QED) is 0.719. The van der Waals surface area contributed by atoms with Crippen LogP contribution in [0.15, 0.2) is 12.3 Å². The second-order valence-electron chi connectivity index (χ2n) is 3.97. The third kappa shape index (κ3) is 4.44. The molecule has 4 heteroatoms. The van der Waals surface area contributed by atoms with Crippen LogP contribution in [0.4, 0.5) is 0 Å². The Morgan fingerprint density at radius 1 is 1.53 bits per heavy atom. The van der Waals surface area contributed by atoms with Gasteiger partial charge in [0.1, 0.15) is 0 Å². The summed E-state index contributed by atoms with van der Waals surface area (Å²) in [5, 5.41) is 10.3. The van der Waals surface area contributed by atoms with Gasteiger partial charge >= 0.3 is 0 Å². The van der Waals surface area contributed by atoms with Crippen molar-refractivity contribution in [3.8, 4) is 0 Å². The fraction of sp³-hybridized carbons (Fsp3) is 0.727. The number of nitrogens with zero attached hydrogens (tertiary/aromatic N) is 1. The molecule has 0 fully saturated rings. The van der Waals surface area contributed by atoms with Gasteiger partial charge in [0.25, 0.3) is 0 Å². The fourth-order valence-electron chi connectivity index (χ4n) is 1.36. The van der Waals surface area contributed by atoms with Gasteiger partial charge in [-0.15, -0.1) is 0 Å². The Balaban J connectivity index is 2.31. The number of nitrogens with one attached hydrogen (secondary N) is 2. The molecular formula is C11H21N3O. The van der Waals surface area contributed by atoms with Gasteiger partial charge in [-0.3, -0.25) is 5.10 Å². The first-order valence-electron chi connectivity index (χ1n) is 5.53. The van der Waals surface area contributed by atoms with E-state index in [0.29, 0.717) is 12.0 Å². The van der Waals surface area contributed by atoms with Crippen molar-refractivity contribution in [3.63, 3.8) is 0 Å². The molecule has 0 saturated carbocycles. The number of rotatable bonds is 7. The third-order valence-corrected chi connectivity index (χ3v) is 2.42. The molecule has 1 atom stereocenters. The smallest absolute Gasteiger partial charge is 0.0622 e. The van der Waals surface area contributed by atoms with E-state index in [1.807, 2.05) is 13.0 Å². The molecule has 1 aromatic heterocycles. The summed E-state index contributed by atoms with van der Waals surface area (Å²) in [7, 11) is 0. The summed E-state index contributed by atoms with van der Waals surface area (Å²) in [4.78, 5) is 0. The molecule has 0 amide bonds. The highest BCUT2D eigenvalue weighted by Crippen LogP contribution is 2.03. The van der Waals surface area contributed by atoms with E-state index in [9.17, 15) is 0 Å². The van der Waals surface area contributed by atoms with Gasteiger partial charge in [-0.25, -0.2) is 0 Å². The predicted molar refractivity (Wildman–Crippen MR) is 60.5 cm³/mol. The number of aromatic amines is 1. The first-order valence-corrected chi connectivity index (χ1v) is 5.53. The average Bonchev–Trinajstić information content (AvgIpc) is 2.70. The molecule has 1 heterocycles. The molecule has 0 spiro atoms. The zero-order valence-corrected chi connectivity index (χ0v) is 9.79. The van der Waals surface area contributed by atoms with Crippen molar-refractivity contribution in [3.05, 3.63) is 18.0 Å². The van der Waals surface area contributed by atoms with Crippen molar-refractivity contribution in [1.82, 2.24) is 15.5 Å². The number of aromatic nitrogens is 2. The van der Waals surface area contributed by atoms with Crippen LogP contribution < -0.4 is 5.32 Å². The molecule has 0 aliphatic rings. The van der Waals surface area contributed by atoms with Gasteiger partial charge in [0, 0.05) is 31.1 Å². The van der Waals surface area contributed by atoms with Crippen molar-refractivity contribution in [1.29, 1.82) is 0 Å². The standard InChI is InChI=1S/C11H21N3O/c1-4-15-8-11(9(2)3)12-7-10-5-6-13-14-10/h5-6,9,11-12H,4,7-8H2,1-3H3,(H,13,14). The summed E-state index contributed by atoms with van der Waals surface area (Å²) in [5.74, 6) is 0.569. The van der Waals surface area contributed by atoms with Gasteiger partial charge in [0.05, 0.1) is 6.61 Å². The number of hydrogen-bond acceptors (Lipinski definition) is 3. The Bertz CT molecular complexity index is 246. The summed E-state index contributed by atoms with van der Waals surface area (Å²) >= 11 is 0. The van der Waals surface area contributed by atoms with Gasteiger partial charge in [0.2, 0.25) is 0 Å². The Hall–Kier alpha value is -0.870. The van der Waals surface area contributed by atoms with E-state index in [0.717, 1.165) is 25.5 Å². The molecule has 2 N–H and O–H groups in total. The van der Waals surface area contributed by atoms with Crippen LogP contribution >= 0.6 is 0 Å². The zero-order valence-electron chi connectivity index (χ0n) is 9.79. The molecule has 1 rings (SSSR count). The second kappa shape index (κ2) is 6.58. The van der Waals surface area contributed by atoms with Crippen molar-refractivity contribution in [2.24, 2.45) is 5.92 Å². The molecule has 1 unspecified atom stereocenters. The maximum Gasteiger partial charge on any atom is 0.0622 e. The van der Waals surface area contributed by atoms with Gasteiger partial charge in [-0.2, -0.15) is 5.10 Å². The van der Waals surface area contributed by atoms with Crippen LogP contribution in [0.2, 0.25) is 0 Å². The minimum atomic E-state index is 0.397. The lowest BCUT2D eigenvalue weighted by molar-refractivity contribution is 0.107. The number of H-pyrrole nitrogens is 1. The second-order valence-corrected chi connectivity index (χ2v) is 3.97. The Morgan fingerprint density at radius 2 is 2.33 bits per heavy atom. The van der Waals surface area contributed by atoms with Crippen LogP contribution in [-0.2, 0) is 11.3 Å². The van der Waals surface area contributed by atoms with Gasteiger partial charge in [-0.1, -0.05) is 13.8 Å². The molecule has 86 valence electrons. The van der Waals surface area contributed by atoms with Crippen LogP contribution in [0.3, 0.4) is 0 Å². The van der Waals surface area contributed by atoms with Crippen LogP contribution in [0.1, 0.15) is 26.5 Å². The molecule has 4 nitrogen and oxygen atoms in total. The number of ether oxygens (including phenoxy) is 1. The first kappa shape index (κ1) is 12.2. The maximum absolute atomic E-state index is 5.44. The Kier molecular flexibility index (Phi) is 5.36. The fourth-order valence-corrected chi connectivity index (χ4v) is 1.36. The highest BCUT2D eigenvalue weighted by Gasteiger charge is 2.12. The molecule has 15 heavy (non-hydrogen) atoms. The topological polar surface area (TPSA) is 49.9 Å². The van der Waals surface area contributed by atoms with E-state index in [1.54, 1.807) is 6.20 Å². The first-order chi connectivity index (χ1) is 7.24. The van der Waals surface area contributed by atoms with Gasteiger partial charge < -0.3 is 10.1 Å². The molecule has 1 aromatic rings. The molecular weight excluding hydrogens is 190 g/mol. The number of hydrogen-bond donors (Lipinski definition) is 2. The van der Waals surface area contributed by atoms with E-state index < -0.39 is 0 Å². The Morgan fingerprint density at radius 3 is 2.87 bits per heavy atom. The van der Waals surface area contributed by atoms with E-state index >= 15 is 0 Å². The molecule has 0 aliphatic carbocycles. The van der Waals surface area contributed by atoms with E-state index in [4.69, 9.17) is 4.74 Å². The van der Waals surface area contributed by atoms with E-state index in [2.05, 4.69) is 29.4 Å². The summed E-state index contributed by atoms with van der Waals surface area (Å²) in [5.41, 5.74) is 1.11. The SMILES string of the molecule is CCOCC(NCc1ccn[nH]1)C(C)C. The lowest BCUT2D eigenvalue weighted by atomic mass is 10.1. The summed E-state index contributed by atoms with van der Waals surface area (Å²) in [6.07, 6.45) is 1.77. The molecule has 0 radical (unpaired) electrons. The molecule has 0 bridgehead atoms. The maximum atomic E-state index is 5.44. The van der Waals surface area contributed by atoms with Crippen molar-refractivity contribution in [2.75, 3.05) is 13.2 Å². The summed E-state index contributed by atoms with van der Waals surface area (Å²) in [6.45, 7) is 8.77.